The highest BCUT2D eigenvalue weighted by Gasteiger charge is 2.24. The Morgan fingerprint density at radius 3 is 1.19 bits per heavy atom. The van der Waals surface area contributed by atoms with Crippen molar-refractivity contribution in [1.82, 2.24) is 5.32 Å². The van der Waals surface area contributed by atoms with Gasteiger partial charge in [-0.1, -0.05) is 231 Å². The molecule has 0 radical (unpaired) electrons. The Morgan fingerprint density at radius 2 is 0.774 bits per heavy atom. The van der Waals surface area contributed by atoms with Crippen LogP contribution in [0.25, 0.3) is 0 Å². The number of amides is 1. The minimum absolute atomic E-state index is 0.0674. The number of nitrogens with one attached hydrogen (secondary N) is 1. The molecule has 0 saturated carbocycles. The van der Waals surface area contributed by atoms with Crippen LogP contribution in [0.2, 0.25) is 0 Å². The zero-order valence-electron chi connectivity index (χ0n) is 41.8. The second-order valence-corrected chi connectivity index (χ2v) is 19.0. The van der Waals surface area contributed by atoms with Crippen LogP contribution in [0.15, 0.2) is 24.3 Å². The number of carbonyl (C=O) groups excluding carboxylic acids is 2. The van der Waals surface area contributed by atoms with E-state index < -0.39 is 18.2 Å². The van der Waals surface area contributed by atoms with Gasteiger partial charge in [0.2, 0.25) is 5.91 Å². The number of aliphatic hydroxyl groups excluding tert-OH is 2. The van der Waals surface area contributed by atoms with E-state index in [0.717, 1.165) is 70.6 Å². The highest BCUT2D eigenvalue weighted by atomic mass is 16.5. The van der Waals surface area contributed by atoms with Gasteiger partial charge in [0, 0.05) is 6.42 Å². The highest BCUT2D eigenvalue weighted by Crippen LogP contribution is 2.18. The second-order valence-electron chi connectivity index (χ2n) is 19.0. The molecule has 0 rings (SSSR count). The maximum atomic E-state index is 13.2. The molecule has 1 amide bonds. The number of hydrogen-bond donors (Lipinski definition) is 3. The van der Waals surface area contributed by atoms with Crippen LogP contribution in [0.4, 0.5) is 0 Å². The van der Waals surface area contributed by atoms with Gasteiger partial charge in [0.05, 0.1) is 25.2 Å². The Morgan fingerprint density at radius 1 is 0.452 bits per heavy atom. The number of allylic oxidation sites excluding steroid dienone is 4. The van der Waals surface area contributed by atoms with Crippen molar-refractivity contribution in [2.75, 3.05) is 6.61 Å². The number of ether oxygens (including phenoxy) is 1. The van der Waals surface area contributed by atoms with Crippen LogP contribution in [0.1, 0.15) is 297 Å². The fraction of sp³-hybridized carbons (Fsp3) is 0.893. The maximum Gasteiger partial charge on any atom is 0.306 e. The van der Waals surface area contributed by atoms with E-state index in [2.05, 4.69) is 50.4 Å². The van der Waals surface area contributed by atoms with Gasteiger partial charge in [0.25, 0.3) is 0 Å². The molecule has 0 saturated heterocycles. The highest BCUT2D eigenvalue weighted by molar-refractivity contribution is 5.77. The average Bonchev–Trinajstić information content (AvgIpc) is 3.26. The summed E-state index contributed by atoms with van der Waals surface area (Å²) in [5.74, 6) is -0.487. The molecule has 0 aromatic heterocycles. The van der Waals surface area contributed by atoms with Crippen LogP contribution in [-0.2, 0) is 14.3 Å². The van der Waals surface area contributed by atoms with E-state index in [1.165, 1.54) is 180 Å². The van der Waals surface area contributed by atoms with Crippen molar-refractivity contribution in [3.8, 4) is 0 Å². The first-order valence-corrected chi connectivity index (χ1v) is 27.6. The third-order valence-electron chi connectivity index (χ3n) is 12.8. The summed E-state index contributed by atoms with van der Waals surface area (Å²) in [5, 5.41) is 23.8. The fourth-order valence-corrected chi connectivity index (χ4v) is 8.54. The topological polar surface area (TPSA) is 95.9 Å². The van der Waals surface area contributed by atoms with Crippen molar-refractivity contribution in [1.29, 1.82) is 0 Å². The summed E-state index contributed by atoms with van der Waals surface area (Å²) in [6.45, 7) is 6.48. The van der Waals surface area contributed by atoms with Gasteiger partial charge in [-0.15, -0.1) is 0 Å². The van der Waals surface area contributed by atoms with Gasteiger partial charge >= 0.3 is 5.97 Å². The standard InChI is InChI=1S/C56H107NO5/c1-4-7-10-13-16-19-22-24-26-27-28-30-32-34-37-40-43-46-49-56(61)62-52(47-44-41-38-35-21-18-15-12-9-6-3)50-55(60)57-53(51-58)54(59)48-45-42-39-36-33-31-29-25-23-20-17-14-11-8-5-2/h18,21,28,30,52-54,58-59H,4-17,19-20,22-27,29,31-51H2,1-3H3,(H,57,60)/b21-18-,30-28+. The smallest absolute Gasteiger partial charge is 0.306 e. The SMILES string of the molecule is CCCCC/C=C\CCCCCC(CC(=O)NC(CO)C(O)CCCCCCCCCCCCCCCCC)OC(=O)CCCCCCC/C=C/CCCCCCCCCCC. The zero-order valence-corrected chi connectivity index (χ0v) is 41.8. The van der Waals surface area contributed by atoms with Crippen LogP contribution in [0, 0.1) is 0 Å². The van der Waals surface area contributed by atoms with Crippen molar-refractivity contribution in [2.24, 2.45) is 0 Å². The number of hydrogen-bond acceptors (Lipinski definition) is 5. The van der Waals surface area contributed by atoms with Gasteiger partial charge in [-0.2, -0.15) is 0 Å². The Kier molecular flexibility index (Phi) is 49.0. The summed E-state index contributed by atoms with van der Waals surface area (Å²) in [5.41, 5.74) is 0. The van der Waals surface area contributed by atoms with E-state index in [-0.39, 0.29) is 24.9 Å². The second kappa shape index (κ2) is 50.3. The van der Waals surface area contributed by atoms with E-state index in [1.807, 2.05) is 0 Å². The largest absolute Gasteiger partial charge is 0.462 e. The van der Waals surface area contributed by atoms with Crippen molar-refractivity contribution >= 4 is 11.9 Å². The van der Waals surface area contributed by atoms with E-state index in [9.17, 15) is 19.8 Å². The number of rotatable bonds is 50. The molecule has 62 heavy (non-hydrogen) atoms. The van der Waals surface area contributed by atoms with Crippen LogP contribution < -0.4 is 5.32 Å². The zero-order chi connectivity index (χ0) is 45.2. The van der Waals surface area contributed by atoms with E-state index in [4.69, 9.17) is 4.74 Å². The maximum absolute atomic E-state index is 13.2. The summed E-state index contributed by atoms with van der Waals surface area (Å²) >= 11 is 0. The van der Waals surface area contributed by atoms with Crippen molar-refractivity contribution in [3.05, 3.63) is 24.3 Å². The van der Waals surface area contributed by atoms with Crippen LogP contribution >= 0.6 is 0 Å². The Bertz CT molecular complexity index is 981. The van der Waals surface area contributed by atoms with E-state index in [1.54, 1.807) is 0 Å². The molecule has 3 atom stereocenters. The monoisotopic (exact) mass is 874 g/mol. The van der Waals surface area contributed by atoms with Crippen molar-refractivity contribution in [2.45, 2.75) is 315 Å². The average molecular weight is 874 g/mol. The molecule has 0 heterocycles. The van der Waals surface area contributed by atoms with E-state index in [0.29, 0.717) is 19.3 Å². The van der Waals surface area contributed by atoms with Crippen molar-refractivity contribution in [3.63, 3.8) is 0 Å². The van der Waals surface area contributed by atoms with Gasteiger partial charge in [-0.25, -0.2) is 0 Å². The lowest BCUT2D eigenvalue weighted by Gasteiger charge is -2.24. The van der Waals surface area contributed by atoms with Gasteiger partial charge in [-0.3, -0.25) is 9.59 Å². The summed E-state index contributed by atoms with van der Waals surface area (Å²) in [4.78, 5) is 26.1. The molecular weight excluding hydrogens is 767 g/mol. The fourth-order valence-electron chi connectivity index (χ4n) is 8.54. The molecule has 366 valence electrons. The molecule has 6 heteroatoms. The van der Waals surface area contributed by atoms with Crippen LogP contribution in [-0.4, -0.2) is 46.9 Å². The molecule has 0 aromatic carbocycles. The summed E-state index contributed by atoms with van der Waals surface area (Å²) in [6, 6.07) is -0.704. The minimum atomic E-state index is -0.789. The third kappa shape index (κ3) is 44.9. The molecule has 6 nitrogen and oxygen atoms in total. The number of carbonyl (C=O) groups is 2. The quantitative estimate of drug-likeness (QED) is 0.0321. The normalized spacial score (nSPS) is 13.3. The molecule has 3 N–H and O–H groups in total. The Hall–Kier alpha value is -1.66. The number of esters is 1. The van der Waals surface area contributed by atoms with Crippen LogP contribution in [0.3, 0.4) is 0 Å². The molecule has 0 spiro atoms. The molecule has 0 aromatic rings. The third-order valence-corrected chi connectivity index (χ3v) is 12.8. The van der Waals surface area contributed by atoms with E-state index >= 15 is 0 Å². The Labute approximate surface area is 386 Å². The predicted molar refractivity (Wildman–Crippen MR) is 269 cm³/mol. The molecule has 0 aliphatic carbocycles. The summed E-state index contributed by atoms with van der Waals surface area (Å²) < 4.78 is 5.93. The first-order chi connectivity index (χ1) is 30.5. The molecule has 0 bridgehead atoms. The molecule has 0 aliphatic rings. The lowest BCUT2D eigenvalue weighted by molar-refractivity contribution is -0.151. The molecule has 0 fully saturated rings. The van der Waals surface area contributed by atoms with Gasteiger partial charge in [-0.05, 0) is 77.0 Å². The van der Waals surface area contributed by atoms with Gasteiger partial charge < -0.3 is 20.3 Å². The minimum Gasteiger partial charge on any atom is -0.462 e. The molecule has 0 aliphatic heterocycles. The molecular formula is C56H107NO5. The van der Waals surface area contributed by atoms with Crippen LogP contribution in [0.5, 0.6) is 0 Å². The van der Waals surface area contributed by atoms with Crippen molar-refractivity contribution < 1.29 is 24.5 Å². The number of unbranched alkanes of at least 4 members (excludes halogenated alkanes) is 34. The summed E-state index contributed by atoms with van der Waals surface area (Å²) in [7, 11) is 0. The lowest BCUT2D eigenvalue weighted by atomic mass is 10.0. The Balaban J connectivity index is 4.44. The predicted octanol–water partition coefficient (Wildman–Crippen LogP) is 16.7. The summed E-state index contributed by atoms with van der Waals surface area (Å²) in [6.07, 6.45) is 58.2. The number of aliphatic hydroxyl groups is 2. The van der Waals surface area contributed by atoms with Gasteiger partial charge in [0.1, 0.15) is 6.10 Å². The first-order valence-electron chi connectivity index (χ1n) is 27.6. The van der Waals surface area contributed by atoms with Gasteiger partial charge in [0.15, 0.2) is 0 Å². The lowest BCUT2D eigenvalue weighted by Crippen LogP contribution is -2.46. The first kappa shape index (κ1) is 60.3. The molecule has 3 unspecified atom stereocenters.